The fourth-order valence-corrected chi connectivity index (χ4v) is 2.68. The zero-order valence-corrected chi connectivity index (χ0v) is 13.3. The lowest BCUT2D eigenvalue weighted by Gasteiger charge is -2.14. The lowest BCUT2D eigenvalue weighted by Crippen LogP contribution is -2.12. The molecule has 0 fully saturated rings. The van der Waals surface area contributed by atoms with Crippen LogP contribution < -0.4 is 14.8 Å². The third-order valence-corrected chi connectivity index (χ3v) is 3.78. The van der Waals surface area contributed by atoms with Crippen LogP contribution >= 0.6 is 0 Å². The van der Waals surface area contributed by atoms with Gasteiger partial charge in [-0.25, -0.2) is 0 Å². The molecule has 5 nitrogen and oxygen atoms in total. The smallest absolute Gasteiger partial charge is 0.255 e. The van der Waals surface area contributed by atoms with Gasteiger partial charge in [0.05, 0.1) is 25.4 Å². The van der Waals surface area contributed by atoms with Gasteiger partial charge < -0.3 is 19.4 Å². The van der Waals surface area contributed by atoms with E-state index in [1.807, 2.05) is 42.1 Å². The molecule has 1 amide bonds. The molecule has 23 heavy (non-hydrogen) atoms. The number of carbonyl (C=O) groups is 1. The normalized spacial score (nSPS) is 10.6. The van der Waals surface area contributed by atoms with Crippen molar-refractivity contribution in [2.45, 2.75) is 0 Å². The van der Waals surface area contributed by atoms with E-state index in [9.17, 15) is 4.79 Å². The van der Waals surface area contributed by atoms with Crippen LogP contribution in [-0.2, 0) is 7.05 Å². The first-order chi connectivity index (χ1) is 11.2. The van der Waals surface area contributed by atoms with Crippen molar-refractivity contribution in [3.8, 4) is 11.5 Å². The molecule has 0 aliphatic heterocycles. The molecule has 0 aliphatic rings. The van der Waals surface area contributed by atoms with Crippen LogP contribution in [0.15, 0.2) is 48.7 Å². The largest absolute Gasteiger partial charge is 0.494 e. The molecule has 0 aliphatic carbocycles. The fourth-order valence-electron chi connectivity index (χ4n) is 2.68. The summed E-state index contributed by atoms with van der Waals surface area (Å²) in [4.78, 5) is 12.4. The van der Waals surface area contributed by atoms with Gasteiger partial charge in [0.2, 0.25) is 0 Å². The van der Waals surface area contributed by atoms with E-state index in [0.717, 1.165) is 10.9 Å². The number of anilines is 1. The minimum atomic E-state index is -0.193. The van der Waals surface area contributed by atoms with Crippen molar-refractivity contribution in [1.82, 2.24) is 4.57 Å². The van der Waals surface area contributed by atoms with Gasteiger partial charge in [-0.15, -0.1) is 0 Å². The van der Waals surface area contributed by atoms with Crippen LogP contribution in [0.3, 0.4) is 0 Å². The zero-order chi connectivity index (χ0) is 16.4. The Kier molecular flexibility index (Phi) is 3.93. The highest BCUT2D eigenvalue weighted by Crippen LogP contribution is 2.40. The second-order valence-electron chi connectivity index (χ2n) is 5.17. The Bertz CT molecular complexity index is 854. The third kappa shape index (κ3) is 2.61. The first kappa shape index (κ1) is 15.0. The lowest BCUT2D eigenvalue weighted by atomic mass is 10.1. The van der Waals surface area contributed by atoms with Gasteiger partial charge in [-0.3, -0.25) is 4.79 Å². The maximum absolute atomic E-state index is 12.4. The number of ether oxygens (including phenoxy) is 2. The van der Waals surface area contributed by atoms with Gasteiger partial charge in [-0.1, -0.05) is 18.2 Å². The Morgan fingerprint density at radius 2 is 1.83 bits per heavy atom. The molecule has 0 unspecified atom stereocenters. The van der Waals surface area contributed by atoms with Crippen molar-refractivity contribution < 1.29 is 14.3 Å². The number of benzene rings is 2. The number of hydrogen-bond acceptors (Lipinski definition) is 3. The molecule has 1 aromatic heterocycles. The van der Waals surface area contributed by atoms with E-state index < -0.39 is 0 Å². The number of aromatic nitrogens is 1. The number of rotatable bonds is 4. The summed E-state index contributed by atoms with van der Waals surface area (Å²) in [5, 5.41) is 3.79. The number of fused-ring (bicyclic) bond motifs is 1. The van der Waals surface area contributed by atoms with Gasteiger partial charge in [0, 0.05) is 30.3 Å². The highest BCUT2D eigenvalue weighted by atomic mass is 16.5. The summed E-state index contributed by atoms with van der Waals surface area (Å²) >= 11 is 0. The summed E-state index contributed by atoms with van der Waals surface area (Å²) in [7, 11) is 5.13. The van der Waals surface area contributed by atoms with Gasteiger partial charge in [-0.05, 0) is 18.2 Å². The van der Waals surface area contributed by atoms with Crippen molar-refractivity contribution in [3.05, 3.63) is 54.2 Å². The number of methoxy groups -OCH3 is 2. The number of aryl methyl sites for hydroxylation is 1. The molecule has 0 radical (unpaired) electrons. The number of hydrogen-bond donors (Lipinski definition) is 1. The van der Waals surface area contributed by atoms with E-state index in [1.165, 1.54) is 0 Å². The second kappa shape index (κ2) is 6.04. The summed E-state index contributed by atoms with van der Waals surface area (Å²) in [6, 6.07) is 12.8. The highest BCUT2D eigenvalue weighted by molar-refractivity contribution is 6.08. The first-order valence-corrected chi connectivity index (χ1v) is 7.22. The molecule has 1 heterocycles. The predicted octanol–water partition coefficient (Wildman–Crippen LogP) is 3.45. The molecule has 5 heteroatoms. The van der Waals surface area contributed by atoms with Crippen molar-refractivity contribution >= 4 is 22.5 Å². The molecular formula is C18H18N2O3. The van der Waals surface area contributed by atoms with E-state index in [0.29, 0.717) is 22.7 Å². The van der Waals surface area contributed by atoms with Gasteiger partial charge in [0.25, 0.3) is 5.91 Å². The summed E-state index contributed by atoms with van der Waals surface area (Å²) in [6.45, 7) is 0. The van der Waals surface area contributed by atoms with Crippen LogP contribution in [0.2, 0.25) is 0 Å². The Morgan fingerprint density at radius 1 is 1.09 bits per heavy atom. The summed E-state index contributed by atoms with van der Waals surface area (Å²) < 4.78 is 12.9. The Balaban J connectivity index is 2.08. The van der Waals surface area contributed by atoms with Gasteiger partial charge in [0.1, 0.15) is 5.75 Å². The van der Waals surface area contributed by atoms with E-state index in [1.54, 1.807) is 32.4 Å². The monoisotopic (exact) mass is 310 g/mol. The average molecular weight is 310 g/mol. The Morgan fingerprint density at radius 3 is 2.48 bits per heavy atom. The molecule has 3 rings (SSSR count). The summed E-state index contributed by atoms with van der Waals surface area (Å²) in [5.41, 5.74) is 2.08. The van der Waals surface area contributed by atoms with Crippen LogP contribution in [0.4, 0.5) is 5.69 Å². The predicted molar refractivity (Wildman–Crippen MR) is 90.4 cm³/mol. The molecule has 0 atom stereocenters. The van der Waals surface area contributed by atoms with Gasteiger partial charge in [0.15, 0.2) is 5.75 Å². The maximum Gasteiger partial charge on any atom is 0.255 e. The molecule has 3 aromatic rings. The van der Waals surface area contributed by atoms with Crippen molar-refractivity contribution in [3.63, 3.8) is 0 Å². The standard InChI is InChI=1S/C18H18N2O3/c1-20-10-9-13-16(20)15(22-2)11-14(17(13)23-3)19-18(21)12-7-5-4-6-8-12/h4-11H,1-3H3,(H,19,21). The fraction of sp³-hybridized carbons (Fsp3) is 0.167. The van der Waals surface area contributed by atoms with Crippen LogP contribution in [-0.4, -0.2) is 24.7 Å². The zero-order valence-electron chi connectivity index (χ0n) is 13.3. The van der Waals surface area contributed by atoms with E-state index >= 15 is 0 Å². The number of carbonyl (C=O) groups excluding carboxylic acids is 1. The minimum absolute atomic E-state index is 0.193. The number of nitrogens with one attached hydrogen (secondary N) is 1. The van der Waals surface area contributed by atoms with Crippen LogP contribution in [0.1, 0.15) is 10.4 Å². The average Bonchev–Trinajstić information content (AvgIpc) is 2.97. The molecule has 0 bridgehead atoms. The summed E-state index contributed by atoms with van der Waals surface area (Å²) in [6.07, 6.45) is 1.93. The summed E-state index contributed by atoms with van der Waals surface area (Å²) in [5.74, 6) is 1.10. The molecule has 118 valence electrons. The third-order valence-electron chi connectivity index (χ3n) is 3.78. The van der Waals surface area contributed by atoms with Gasteiger partial charge >= 0.3 is 0 Å². The van der Waals surface area contributed by atoms with Crippen LogP contribution in [0.5, 0.6) is 11.5 Å². The Labute approximate surface area is 134 Å². The first-order valence-electron chi connectivity index (χ1n) is 7.22. The molecule has 0 saturated heterocycles. The number of amides is 1. The lowest BCUT2D eigenvalue weighted by molar-refractivity contribution is 0.102. The van der Waals surface area contributed by atoms with E-state index in [4.69, 9.17) is 9.47 Å². The maximum atomic E-state index is 12.4. The Hall–Kier alpha value is -2.95. The molecule has 1 N–H and O–H groups in total. The minimum Gasteiger partial charge on any atom is -0.494 e. The molecule has 0 saturated carbocycles. The topological polar surface area (TPSA) is 52.5 Å². The quantitative estimate of drug-likeness (QED) is 0.803. The highest BCUT2D eigenvalue weighted by Gasteiger charge is 2.18. The molecular weight excluding hydrogens is 292 g/mol. The second-order valence-corrected chi connectivity index (χ2v) is 5.17. The number of nitrogens with zero attached hydrogens (tertiary/aromatic N) is 1. The van der Waals surface area contributed by atoms with Crippen LogP contribution in [0.25, 0.3) is 10.9 Å². The van der Waals surface area contributed by atoms with Crippen molar-refractivity contribution in [1.29, 1.82) is 0 Å². The van der Waals surface area contributed by atoms with Crippen LogP contribution in [0, 0.1) is 0 Å². The van der Waals surface area contributed by atoms with Crippen molar-refractivity contribution in [2.75, 3.05) is 19.5 Å². The van der Waals surface area contributed by atoms with E-state index in [2.05, 4.69) is 5.32 Å². The molecule has 2 aromatic carbocycles. The molecule has 0 spiro atoms. The van der Waals surface area contributed by atoms with E-state index in [-0.39, 0.29) is 5.91 Å². The van der Waals surface area contributed by atoms with Gasteiger partial charge in [-0.2, -0.15) is 0 Å². The van der Waals surface area contributed by atoms with Crippen molar-refractivity contribution in [2.24, 2.45) is 7.05 Å². The SMILES string of the molecule is COc1c(NC(=O)c2ccccc2)cc(OC)c2c1ccn2C.